The maximum Gasteiger partial charge on any atom is 0.319 e. The van der Waals surface area contributed by atoms with Crippen LogP contribution in [0.25, 0.3) is 22.2 Å². The lowest BCUT2D eigenvalue weighted by molar-refractivity contribution is -0.136. The number of hydrogen-bond donors (Lipinski definition) is 0. The fourth-order valence-corrected chi connectivity index (χ4v) is 6.73. The molecule has 0 N–H and O–H groups in total. The number of benzene rings is 1. The van der Waals surface area contributed by atoms with E-state index in [1.165, 1.54) is 12.1 Å². The van der Waals surface area contributed by atoms with Gasteiger partial charge in [-0.2, -0.15) is 20.3 Å². The lowest BCUT2D eigenvalue weighted by Crippen LogP contribution is -2.59. The molecule has 3 saturated heterocycles. The fraction of sp³-hybridized carbons (Fsp3) is 0.500. The van der Waals surface area contributed by atoms with Crippen molar-refractivity contribution >= 4 is 22.6 Å². The van der Waals surface area contributed by atoms with Crippen molar-refractivity contribution in [2.24, 2.45) is 5.41 Å². The number of aromatic nitrogens is 4. The lowest BCUT2D eigenvalue weighted by Gasteiger charge is -2.47. The first-order valence-corrected chi connectivity index (χ1v) is 14.4. The van der Waals surface area contributed by atoms with Gasteiger partial charge in [0.05, 0.1) is 23.3 Å². The summed E-state index contributed by atoms with van der Waals surface area (Å²) in [5, 5.41) is 15.9. The van der Waals surface area contributed by atoms with Crippen LogP contribution in [0.4, 0.5) is 10.2 Å². The number of nitriles is 1. The summed E-state index contributed by atoms with van der Waals surface area (Å²) in [6.07, 6.45) is 8.05. The Morgan fingerprint density at radius 3 is 2.78 bits per heavy atom. The number of ether oxygens (including phenoxy) is 1. The first-order valence-electron chi connectivity index (χ1n) is 14.4. The molecule has 2 aromatic heterocycles. The number of rotatable bonds is 7. The molecule has 7 rings (SSSR count). The first-order chi connectivity index (χ1) is 19.9. The average molecular weight is 557 g/mol. The number of amides is 1. The van der Waals surface area contributed by atoms with Crippen molar-refractivity contribution in [2.75, 3.05) is 51.3 Å². The van der Waals surface area contributed by atoms with E-state index >= 15 is 4.39 Å². The van der Waals surface area contributed by atoms with Gasteiger partial charge in [0.15, 0.2) is 5.82 Å². The number of nitrogens with zero attached hydrogens (tertiary/aromatic N) is 8. The van der Waals surface area contributed by atoms with Crippen LogP contribution in [-0.4, -0.2) is 87.9 Å². The zero-order chi connectivity index (χ0) is 28.3. The predicted octanol–water partition coefficient (Wildman–Crippen LogP) is 3.54. The second-order valence-electron chi connectivity index (χ2n) is 12.0. The Morgan fingerprint density at radius 1 is 1.24 bits per heavy atom. The molecule has 3 aromatic rings. The van der Waals surface area contributed by atoms with Crippen LogP contribution in [0.2, 0.25) is 0 Å². The van der Waals surface area contributed by atoms with Crippen LogP contribution in [0.1, 0.15) is 43.7 Å². The molecule has 0 radical (unpaired) electrons. The summed E-state index contributed by atoms with van der Waals surface area (Å²) >= 11 is 0. The minimum absolute atomic E-state index is 0.0695. The number of carbonyl (C=O) groups excluding carboxylic acids is 1. The maximum atomic E-state index is 15.8. The number of anilines is 1. The highest BCUT2D eigenvalue weighted by Gasteiger charge is 2.49. The molecule has 11 heteroatoms. The largest absolute Gasteiger partial charge is 0.462 e. The summed E-state index contributed by atoms with van der Waals surface area (Å²) in [6.45, 7) is 7.60. The van der Waals surface area contributed by atoms with Gasteiger partial charge < -0.3 is 19.4 Å². The number of likely N-dealkylation sites (N-methyl/N-ethyl adjacent to an activating group) is 1. The molecule has 212 valence electrons. The Kier molecular flexibility index (Phi) is 6.19. The molecule has 1 spiro atoms. The molecule has 1 saturated carbocycles. The molecule has 1 aliphatic carbocycles. The minimum atomic E-state index is -0.460. The third-order valence-corrected chi connectivity index (χ3v) is 9.17. The predicted molar refractivity (Wildman–Crippen MR) is 151 cm³/mol. The van der Waals surface area contributed by atoms with Crippen molar-refractivity contribution in [1.82, 2.24) is 29.5 Å². The van der Waals surface area contributed by atoms with Crippen LogP contribution in [0.15, 0.2) is 31.0 Å². The van der Waals surface area contributed by atoms with Crippen molar-refractivity contribution in [1.29, 1.82) is 5.26 Å². The van der Waals surface area contributed by atoms with Gasteiger partial charge in [-0.25, -0.2) is 4.39 Å². The summed E-state index contributed by atoms with van der Waals surface area (Å²) in [6, 6.07) is 6.05. The van der Waals surface area contributed by atoms with Gasteiger partial charge in [0, 0.05) is 43.0 Å². The van der Waals surface area contributed by atoms with Crippen LogP contribution < -0.4 is 9.64 Å². The van der Waals surface area contributed by atoms with Gasteiger partial charge in [0.2, 0.25) is 5.91 Å². The van der Waals surface area contributed by atoms with Gasteiger partial charge in [0.25, 0.3) is 0 Å². The number of carbonyl (C=O) groups is 1. The number of hydrogen-bond acceptors (Lipinski definition) is 8. The van der Waals surface area contributed by atoms with Crippen molar-refractivity contribution in [3.05, 3.63) is 42.4 Å². The van der Waals surface area contributed by atoms with Gasteiger partial charge in [-0.1, -0.05) is 6.58 Å². The molecule has 5 heterocycles. The van der Waals surface area contributed by atoms with E-state index in [4.69, 9.17) is 14.7 Å². The summed E-state index contributed by atoms with van der Waals surface area (Å²) < 4.78 is 23.9. The molecule has 1 amide bonds. The highest BCUT2D eigenvalue weighted by atomic mass is 19.1. The Labute approximate surface area is 238 Å². The van der Waals surface area contributed by atoms with E-state index in [0.29, 0.717) is 44.1 Å². The second kappa shape index (κ2) is 9.80. The Morgan fingerprint density at radius 2 is 2.07 bits per heavy atom. The number of fused-ring (bicyclic) bond motifs is 1. The van der Waals surface area contributed by atoms with Crippen LogP contribution in [0.5, 0.6) is 6.01 Å². The zero-order valence-corrected chi connectivity index (χ0v) is 23.2. The summed E-state index contributed by atoms with van der Waals surface area (Å²) in [7, 11) is 2.08. The zero-order valence-electron chi connectivity index (χ0n) is 23.2. The molecule has 3 aliphatic heterocycles. The normalized spacial score (nSPS) is 21.8. The van der Waals surface area contributed by atoms with Gasteiger partial charge in [0.1, 0.15) is 29.8 Å². The number of likely N-dealkylation sites (tertiary alicyclic amines) is 2. The summed E-state index contributed by atoms with van der Waals surface area (Å²) in [5.74, 6) is -0.0796. The average Bonchev–Trinajstić information content (AvgIpc) is 3.35. The van der Waals surface area contributed by atoms with E-state index < -0.39 is 5.82 Å². The highest BCUT2D eigenvalue weighted by molar-refractivity contribution is 5.95. The Bertz CT molecular complexity index is 1590. The SMILES string of the molecule is C=CC(=O)N1CC2(CCN(c3nc(OCC4CCCN4C)nc(-c4c(F)ccc5cnn(C6CC6)c45)c3C#N)C2)C1. The Hall–Kier alpha value is -4.04. The van der Waals surface area contributed by atoms with Gasteiger partial charge in [-0.05, 0) is 63.9 Å². The fourth-order valence-electron chi connectivity index (χ4n) is 6.73. The molecule has 0 bridgehead atoms. The molecule has 4 fully saturated rings. The van der Waals surface area contributed by atoms with E-state index in [-0.39, 0.29) is 46.2 Å². The first kappa shape index (κ1) is 25.9. The van der Waals surface area contributed by atoms with E-state index in [1.54, 1.807) is 17.2 Å². The van der Waals surface area contributed by atoms with E-state index in [2.05, 4.69) is 34.6 Å². The van der Waals surface area contributed by atoms with Crippen molar-refractivity contribution < 1.29 is 13.9 Å². The third-order valence-electron chi connectivity index (χ3n) is 9.17. The highest BCUT2D eigenvalue weighted by Crippen LogP contribution is 2.45. The molecule has 1 aromatic carbocycles. The lowest BCUT2D eigenvalue weighted by atomic mass is 9.79. The van der Waals surface area contributed by atoms with Gasteiger partial charge in [-0.3, -0.25) is 9.48 Å². The molecule has 1 unspecified atom stereocenters. The van der Waals surface area contributed by atoms with Crippen LogP contribution in [-0.2, 0) is 4.79 Å². The van der Waals surface area contributed by atoms with E-state index in [0.717, 1.165) is 44.0 Å². The van der Waals surface area contributed by atoms with E-state index in [1.807, 2.05) is 4.68 Å². The molecular weight excluding hydrogens is 523 g/mol. The standard InChI is InChI=1S/C30H33FN8O2/c1-3-24(40)38-17-30(18-38)10-12-37(16-30)28-22(13-32)26(34-29(35-28)41-15-21-5-4-11-36(21)2)25-23(31)9-6-19-14-33-39(27(19)25)20-7-8-20/h3,6,9,14,20-21H,1,4-5,7-8,10-12,15-18H2,2H3. The van der Waals surface area contributed by atoms with Crippen molar-refractivity contribution in [3.8, 4) is 23.3 Å². The smallest absolute Gasteiger partial charge is 0.319 e. The monoisotopic (exact) mass is 556 g/mol. The van der Waals surface area contributed by atoms with Crippen LogP contribution in [0.3, 0.4) is 0 Å². The summed E-state index contributed by atoms with van der Waals surface area (Å²) in [4.78, 5) is 27.7. The van der Waals surface area contributed by atoms with Crippen LogP contribution >= 0.6 is 0 Å². The number of halogens is 1. The topological polar surface area (TPSA) is 103 Å². The minimum Gasteiger partial charge on any atom is -0.462 e. The molecule has 4 aliphatic rings. The molecular formula is C30H33FN8O2. The molecule has 1 atom stereocenters. The Balaban J connectivity index is 1.31. The van der Waals surface area contributed by atoms with Crippen LogP contribution in [0, 0.1) is 22.6 Å². The summed E-state index contributed by atoms with van der Waals surface area (Å²) in [5.41, 5.74) is 1.29. The van der Waals surface area contributed by atoms with Gasteiger partial charge in [-0.15, -0.1) is 0 Å². The second-order valence-corrected chi connectivity index (χ2v) is 12.0. The van der Waals surface area contributed by atoms with Gasteiger partial charge >= 0.3 is 6.01 Å². The maximum absolute atomic E-state index is 15.8. The van der Waals surface area contributed by atoms with Crippen molar-refractivity contribution in [3.63, 3.8) is 0 Å². The van der Waals surface area contributed by atoms with E-state index in [9.17, 15) is 10.1 Å². The molecule has 10 nitrogen and oxygen atoms in total. The molecule has 41 heavy (non-hydrogen) atoms. The third kappa shape index (κ3) is 4.41. The van der Waals surface area contributed by atoms with Crippen molar-refractivity contribution in [2.45, 2.75) is 44.2 Å². The quantitative estimate of drug-likeness (QED) is 0.407.